The Kier molecular flexibility index (Phi) is 4.89. The van der Waals surface area contributed by atoms with Gasteiger partial charge < -0.3 is 25.6 Å². The lowest BCUT2D eigenvalue weighted by Gasteiger charge is -2.11. The van der Waals surface area contributed by atoms with Gasteiger partial charge in [0.1, 0.15) is 0 Å². The summed E-state index contributed by atoms with van der Waals surface area (Å²) >= 11 is 2.97. The second-order valence-electron chi connectivity index (χ2n) is 3.33. The van der Waals surface area contributed by atoms with E-state index < -0.39 is 35.3 Å². The summed E-state index contributed by atoms with van der Waals surface area (Å²) in [7, 11) is 0. The van der Waals surface area contributed by atoms with Gasteiger partial charge in [0.25, 0.3) is 5.91 Å². The molecule has 1 aromatic rings. The number of nitro groups is 1. The van der Waals surface area contributed by atoms with Crippen LogP contribution in [0.15, 0.2) is 16.7 Å². The van der Waals surface area contributed by atoms with Crippen molar-refractivity contribution in [1.29, 1.82) is 0 Å². The first kappa shape index (κ1) is 15.0. The summed E-state index contributed by atoms with van der Waals surface area (Å²) in [5, 5.41) is 30.0. The highest BCUT2D eigenvalue weighted by molar-refractivity contribution is 9.10. The Labute approximate surface area is 114 Å². The lowest BCUT2D eigenvalue weighted by molar-refractivity contribution is -0.389. The first-order valence-electron chi connectivity index (χ1n) is 4.81. The predicted octanol–water partition coefficient (Wildman–Crippen LogP) is -0.0724. The van der Waals surface area contributed by atoms with Gasteiger partial charge in [0.2, 0.25) is 0 Å². The summed E-state index contributed by atoms with van der Waals surface area (Å²) in [5.74, 6) is -2.85. The van der Waals surface area contributed by atoms with Crippen molar-refractivity contribution in [3.8, 4) is 0 Å². The number of carboxylic acids is 1. The van der Waals surface area contributed by atoms with Gasteiger partial charge >= 0.3 is 11.8 Å². The molecule has 1 rings (SSSR count). The first-order chi connectivity index (χ1) is 8.86. The van der Waals surface area contributed by atoms with Crippen LogP contribution in [-0.2, 0) is 4.79 Å². The molecule has 0 radical (unpaired) electrons. The number of pyridine rings is 1. The number of halogens is 1. The van der Waals surface area contributed by atoms with Crippen LogP contribution < -0.4 is 5.32 Å². The van der Waals surface area contributed by atoms with Crippen molar-refractivity contribution in [1.82, 2.24) is 10.3 Å². The monoisotopic (exact) mass is 333 g/mol. The highest BCUT2D eigenvalue weighted by Gasteiger charge is 2.23. The summed E-state index contributed by atoms with van der Waals surface area (Å²) in [6.07, 6.45) is 1.06. The molecule has 0 fully saturated rings. The average Bonchev–Trinajstić information content (AvgIpc) is 2.35. The zero-order valence-corrected chi connectivity index (χ0v) is 10.8. The number of nitrogens with one attached hydrogen (secondary N) is 1. The van der Waals surface area contributed by atoms with E-state index in [0.717, 1.165) is 12.3 Å². The highest BCUT2D eigenvalue weighted by Crippen LogP contribution is 2.19. The van der Waals surface area contributed by atoms with Crippen molar-refractivity contribution < 1.29 is 24.7 Å². The van der Waals surface area contributed by atoms with Crippen molar-refractivity contribution in [2.75, 3.05) is 6.61 Å². The van der Waals surface area contributed by atoms with E-state index in [0.29, 0.717) is 0 Å². The molecule has 0 aromatic carbocycles. The number of carbonyl (C=O) groups is 2. The molecule has 1 atom stereocenters. The lowest BCUT2D eigenvalue weighted by atomic mass is 10.2. The largest absolute Gasteiger partial charge is 0.480 e. The third-order valence-corrected chi connectivity index (χ3v) is 2.69. The van der Waals surface area contributed by atoms with Gasteiger partial charge in [-0.2, -0.15) is 0 Å². The van der Waals surface area contributed by atoms with E-state index in [2.05, 4.69) is 20.9 Å². The quantitative estimate of drug-likeness (QED) is 0.505. The van der Waals surface area contributed by atoms with Gasteiger partial charge in [0.15, 0.2) is 12.2 Å². The van der Waals surface area contributed by atoms with Crippen LogP contribution in [0, 0.1) is 10.1 Å². The smallest absolute Gasteiger partial charge is 0.364 e. The van der Waals surface area contributed by atoms with Crippen LogP contribution in [0.5, 0.6) is 0 Å². The lowest BCUT2D eigenvalue weighted by Crippen LogP contribution is -2.43. The van der Waals surface area contributed by atoms with Gasteiger partial charge in [-0.25, -0.2) is 4.79 Å². The summed E-state index contributed by atoms with van der Waals surface area (Å²) in [5.41, 5.74) is -0.151. The van der Waals surface area contributed by atoms with Gasteiger partial charge in [0.05, 0.1) is 16.6 Å². The van der Waals surface area contributed by atoms with Crippen LogP contribution in [0.1, 0.15) is 10.4 Å². The Balaban J connectivity index is 3.02. The standard InChI is InChI=1S/C9H8BrN3O6/c10-5-2-11-7(13(18)19)1-4(5)8(15)12-6(3-14)9(16)17/h1-2,6,14H,3H2,(H,12,15)(H,16,17)/t6-/m0/s1. The van der Waals surface area contributed by atoms with E-state index in [4.69, 9.17) is 10.2 Å². The zero-order valence-electron chi connectivity index (χ0n) is 9.24. The van der Waals surface area contributed by atoms with Crippen LogP contribution in [0.2, 0.25) is 0 Å². The van der Waals surface area contributed by atoms with Crippen LogP contribution in [0.25, 0.3) is 0 Å². The summed E-state index contributed by atoms with van der Waals surface area (Å²) in [4.78, 5) is 35.6. The fraction of sp³-hybridized carbons (Fsp3) is 0.222. The predicted molar refractivity (Wildman–Crippen MR) is 64.6 cm³/mol. The van der Waals surface area contributed by atoms with E-state index in [1.54, 1.807) is 0 Å². The third-order valence-electron chi connectivity index (χ3n) is 2.06. The van der Waals surface area contributed by atoms with E-state index in [-0.39, 0.29) is 10.0 Å². The van der Waals surface area contributed by atoms with Gasteiger partial charge in [0, 0.05) is 6.07 Å². The normalized spacial score (nSPS) is 11.7. The van der Waals surface area contributed by atoms with Gasteiger partial charge in [-0.3, -0.25) is 4.79 Å². The number of carboxylic acid groups (broad SMARTS) is 1. The first-order valence-corrected chi connectivity index (χ1v) is 5.60. The van der Waals surface area contributed by atoms with Crippen molar-refractivity contribution in [3.63, 3.8) is 0 Å². The SMILES string of the molecule is O=C(N[C@@H](CO)C(=O)O)c1cc([N+](=O)[O-])ncc1Br. The molecule has 0 spiro atoms. The molecule has 0 bridgehead atoms. The molecule has 19 heavy (non-hydrogen) atoms. The summed E-state index contributed by atoms with van der Waals surface area (Å²) in [6, 6.07) is -0.595. The topological polar surface area (TPSA) is 143 Å². The minimum atomic E-state index is -1.49. The molecule has 1 amide bonds. The Bertz CT molecular complexity index is 535. The van der Waals surface area contributed by atoms with Crippen molar-refractivity contribution in [2.24, 2.45) is 0 Å². The van der Waals surface area contributed by atoms with Crippen molar-refractivity contribution >= 4 is 33.6 Å². The number of nitrogens with zero attached hydrogens (tertiary/aromatic N) is 2. The molecule has 3 N–H and O–H groups in total. The molecule has 1 aromatic heterocycles. The highest BCUT2D eigenvalue weighted by atomic mass is 79.9. The molecule has 102 valence electrons. The summed E-state index contributed by atoms with van der Waals surface area (Å²) < 4.78 is 0.165. The number of aromatic nitrogens is 1. The molecule has 0 aliphatic rings. The molecule has 1 heterocycles. The molecule has 0 saturated carbocycles. The fourth-order valence-corrected chi connectivity index (χ4v) is 1.52. The van der Waals surface area contributed by atoms with Crippen LogP contribution in [-0.4, -0.2) is 44.6 Å². The minimum Gasteiger partial charge on any atom is -0.480 e. The van der Waals surface area contributed by atoms with Crippen molar-refractivity contribution in [3.05, 3.63) is 32.4 Å². The number of aliphatic hydroxyl groups excluding tert-OH is 1. The number of carbonyl (C=O) groups excluding carboxylic acids is 1. The minimum absolute atomic E-state index is 0.151. The third kappa shape index (κ3) is 3.69. The van der Waals surface area contributed by atoms with Crippen LogP contribution in [0.3, 0.4) is 0 Å². The van der Waals surface area contributed by atoms with Gasteiger partial charge in [-0.1, -0.05) is 0 Å². The number of aliphatic carboxylic acids is 1. The molecular weight excluding hydrogens is 326 g/mol. The second-order valence-corrected chi connectivity index (χ2v) is 4.18. The molecule has 0 aliphatic carbocycles. The number of aliphatic hydroxyl groups is 1. The molecule has 10 heteroatoms. The number of rotatable bonds is 5. The fourth-order valence-electron chi connectivity index (χ4n) is 1.12. The van der Waals surface area contributed by atoms with E-state index >= 15 is 0 Å². The molecular formula is C9H8BrN3O6. The van der Waals surface area contributed by atoms with Gasteiger partial charge in [-0.15, -0.1) is 0 Å². The van der Waals surface area contributed by atoms with E-state index in [9.17, 15) is 19.7 Å². The number of amides is 1. The average molecular weight is 334 g/mol. The molecule has 9 nitrogen and oxygen atoms in total. The zero-order chi connectivity index (χ0) is 14.6. The molecule has 0 unspecified atom stereocenters. The maximum absolute atomic E-state index is 11.7. The Morgan fingerprint density at radius 1 is 1.58 bits per heavy atom. The number of hydrogen-bond donors (Lipinski definition) is 3. The molecule has 0 saturated heterocycles. The summed E-state index contributed by atoms with van der Waals surface area (Å²) in [6.45, 7) is -0.800. The maximum atomic E-state index is 11.7. The Morgan fingerprint density at radius 2 is 2.21 bits per heavy atom. The number of hydrogen-bond acceptors (Lipinski definition) is 6. The maximum Gasteiger partial charge on any atom is 0.364 e. The van der Waals surface area contributed by atoms with Crippen molar-refractivity contribution in [2.45, 2.75) is 6.04 Å². The Morgan fingerprint density at radius 3 is 2.68 bits per heavy atom. The second kappa shape index (κ2) is 6.20. The van der Waals surface area contributed by atoms with E-state index in [1.165, 1.54) is 0 Å². The van der Waals surface area contributed by atoms with Gasteiger partial charge in [-0.05, 0) is 25.8 Å². The van der Waals surface area contributed by atoms with E-state index in [1.807, 2.05) is 5.32 Å². The Hall–Kier alpha value is -2.07. The molecule has 0 aliphatic heterocycles. The van der Waals surface area contributed by atoms with Crippen LogP contribution >= 0.6 is 15.9 Å². The van der Waals surface area contributed by atoms with Crippen LogP contribution in [0.4, 0.5) is 5.82 Å².